The summed E-state index contributed by atoms with van der Waals surface area (Å²) in [5.41, 5.74) is 0.0392. The molecule has 1 atom stereocenters. The lowest BCUT2D eigenvalue weighted by atomic mass is 10.1. The SMILES string of the molecule is N#Cc1cc(COc2cc3n(c(=O)n2)CC2CN(S(=O)(=O)C4CC4)CCN32)ccc1F.O=C(O)C(F)(F)F. The molecule has 1 unspecified atom stereocenters. The van der Waals surface area contributed by atoms with Gasteiger partial charge in [0.15, 0.2) is 0 Å². The second kappa shape index (κ2) is 10.2. The predicted molar refractivity (Wildman–Crippen MR) is 122 cm³/mol. The molecule has 5 rings (SSSR count). The van der Waals surface area contributed by atoms with Crippen molar-refractivity contribution in [3.63, 3.8) is 0 Å². The molecule has 38 heavy (non-hydrogen) atoms. The largest absolute Gasteiger partial charge is 0.490 e. The van der Waals surface area contributed by atoms with Crippen molar-refractivity contribution >= 4 is 21.8 Å². The molecule has 0 bridgehead atoms. The van der Waals surface area contributed by atoms with Gasteiger partial charge in [0, 0.05) is 25.7 Å². The maximum atomic E-state index is 13.5. The summed E-state index contributed by atoms with van der Waals surface area (Å²) in [4.78, 5) is 27.4. The van der Waals surface area contributed by atoms with Gasteiger partial charge in [0.1, 0.15) is 24.3 Å². The minimum absolute atomic E-state index is 0.0295. The Hall–Kier alpha value is -3.71. The van der Waals surface area contributed by atoms with Crippen LogP contribution in [0.5, 0.6) is 5.88 Å². The second-order valence-electron chi connectivity index (χ2n) is 8.81. The van der Waals surface area contributed by atoms with Crippen LogP contribution in [0.25, 0.3) is 0 Å². The van der Waals surface area contributed by atoms with Crippen LogP contribution in [-0.2, 0) is 28.0 Å². The lowest BCUT2D eigenvalue weighted by Gasteiger charge is -2.37. The van der Waals surface area contributed by atoms with Crippen molar-refractivity contribution in [2.75, 3.05) is 24.5 Å². The predicted octanol–water partition coefficient (Wildman–Crippen LogP) is 1.46. The Kier molecular flexibility index (Phi) is 7.35. The van der Waals surface area contributed by atoms with Crippen molar-refractivity contribution in [2.45, 2.75) is 43.5 Å². The maximum absolute atomic E-state index is 13.5. The number of nitrogens with zero attached hydrogens (tertiary/aromatic N) is 5. The van der Waals surface area contributed by atoms with Gasteiger partial charge in [0.2, 0.25) is 15.9 Å². The minimum atomic E-state index is -5.08. The standard InChI is InChI=1S/C20H20FN5O4S.C2HF3O2/c21-17-4-1-13(7-14(17)9-22)12-30-18-8-19-25-6-5-24(31(28,29)16-2-3-16)10-15(25)11-26(19)20(27)23-18;3-2(4,5)1(6)7/h1,4,7-8,15-16H,2-3,5-6,10-12H2;(H,6,7). The van der Waals surface area contributed by atoms with Crippen molar-refractivity contribution < 1.29 is 40.6 Å². The average molecular weight is 559 g/mol. The Morgan fingerprint density at radius 2 is 1.89 bits per heavy atom. The first-order valence-corrected chi connectivity index (χ1v) is 12.8. The molecule has 11 nitrogen and oxygen atoms in total. The third kappa shape index (κ3) is 5.73. The van der Waals surface area contributed by atoms with Crippen LogP contribution in [0.1, 0.15) is 24.0 Å². The zero-order chi connectivity index (χ0) is 27.8. The topological polar surface area (TPSA) is 146 Å². The number of halogens is 4. The fourth-order valence-corrected chi connectivity index (χ4v) is 6.03. The molecule has 1 saturated carbocycles. The summed E-state index contributed by atoms with van der Waals surface area (Å²) in [6.07, 6.45) is -3.64. The number of rotatable bonds is 5. The minimum Gasteiger partial charge on any atom is -0.475 e. The molecule has 204 valence electrons. The molecule has 1 N–H and O–H groups in total. The van der Waals surface area contributed by atoms with E-state index in [2.05, 4.69) is 4.98 Å². The number of hydrogen-bond donors (Lipinski definition) is 1. The number of anilines is 1. The number of benzene rings is 1. The van der Waals surface area contributed by atoms with Crippen LogP contribution in [0.15, 0.2) is 29.1 Å². The maximum Gasteiger partial charge on any atom is 0.490 e. The van der Waals surface area contributed by atoms with Crippen molar-refractivity contribution in [2.24, 2.45) is 0 Å². The van der Waals surface area contributed by atoms with Gasteiger partial charge < -0.3 is 14.7 Å². The first-order chi connectivity index (χ1) is 17.8. The van der Waals surface area contributed by atoms with E-state index < -0.39 is 33.7 Å². The molecule has 0 amide bonds. The van der Waals surface area contributed by atoms with Crippen LogP contribution in [0.3, 0.4) is 0 Å². The number of carboxylic acids is 1. The van der Waals surface area contributed by atoms with Gasteiger partial charge in [-0.25, -0.2) is 22.4 Å². The quantitative estimate of drug-likeness (QED) is 0.538. The third-order valence-corrected chi connectivity index (χ3v) is 8.55. The number of carbonyl (C=O) groups is 1. The number of ether oxygens (including phenoxy) is 1. The Morgan fingerprint density at radius 1 is 1.21 bits per heavy atom. The number of aliphatic carboxylic acids is 1. The van der Waals surface area contributed by atoms with Crippen LogP contribution in [-0.4, -0.2) is 70.5 Å². The van der Waals surface area contributed by atoms with Crippen molar-refractivity contribution in [1.29, 1.82) is 5.26 Å². The Bertz CT molecular complexity index is 1450. The van der Waals surface area contributed by atoms with E-state index >= 15 is 0 Å². The molecule has 16 heteroatoms. The number of piperazine rings is 1. The molecule has 1 aliphatic carbocycles. The summed E-state index contributed by atoms with van der Waals surface area (Å²) in [6, 6.07) is 7.42. The van der Waals surface area contributed by atoms with E-state index in [9.17, 15) is 30.8 Å². The zero-order valence-corrected chi connectivity index (χ0v) is 20.4. The highest BCUT2D eigenvalue weighted by molar-refractivity contribution is 7.90. The van der Waals surface area contributed by atoms with Gasteiger partial charge in [-0.2, -0.15) is 27.7 Å². The molecular formula is C22H21F4N5O6S. The van der Waals surface area contributed by atoms with E-state index in [4.69, 9.17) is 19.9 Å². The van der Waals surface area contributed by atoms with E-state index in [0.717, 1.165) is 12.8 Å². The Morgan fingerprint density at radius 3 is 2.50 bits per heavy atom. The van der Waals surface area contributed by atoms with Crippen molar-refractivity contribution in [3.05, 3.63) is 51.7 Å². The highest BCUT2D eigenvalue weighted by Gasteiger charge is 2.45. The summed E-state index contributed by atoms with van der Waals surface area (Å²) in [5.74, 6) is -2.57. The van der Waals surface area contributed by atoms with Crippen LogP contribution in [0.4, 0.5) is 23.4 Å². The fraction of sp³-hybridized carbons (Fsp3) is 0.455. The van der Waals surface area contributed by atoms with Crippen molar-refractivity contribution in [3.8, 4) is 11.9 Å². The van der Waals surface area contributed by atoms with Gasteiger partial charge in [-0.1, -0.05) is 6.07 Å². The van der Waals surface area contributed by atoms with Crippen LogP contribution >= 0.6 is 0 Å². The van der Waals surface area contributed by atoms with Gasteiger partial charge >= 0.3 is 17.8 Å². The molecule has 0 radical (unpaired) electrons. The van der Waals surface area contributed by atoms with Crippen LogP contribution < -0.4 is 15.3 Å². The van der Waals surface area contributed by atoms with Gasteiger partial charge in [-0.3, -0.25) is 4.57 Å². The molecule has 1 aromatic heterocycles. The molecule has 1 saturated heterocycles. The molecule has 3 aliphatic rings. The van der Waals surface area contributed by atoms with Gasteiger partial charge in [-0.05, 0) is 30.5 Å². The molecule has 0 spiro atoms. The molecule has 1 aromatic carbocycles. The lowest BCUT2D eigenvalue weighted by molar-refractivity contribution is -0.192. The zero-order valence-electron chi connectivity index (χ0n) is 19.6. The summed E-state index contributed by atoms with van der Waals surface area (Å²) in [5, 5.41) is 15.8. The van der Waals surface area contributed by atoms with E-state index in [-0.39, 0.29) is 29.3 Å². The van der Waals surface area contributed by atoms with Gasteiger partial charge in [0.25, 0.3) is 0 Å². The number of fused-ring (bicyclic) bond motifs is 3. The average Bonchev–Trinajstić information content (AvgIpc) is 3.65. The van der Waals surface area contributed by atoms with Gasteiger partial charge in [0.05, 0.1) is 23.4 Å². The normalized spacial score (nSPS) is 19.0. The highest BCUT2D eigenvalue weighted by atomic mass is 32.2. The summed E-state index contributed by atoms with van der Waals surface area (Å²) in [7, 11) is -3.25. The first kappa shape index (κ1) is 27.3. The fourth-order valence-electron chi connectivity index (χ4n) is 4.17. The Labute approximate surface area is 213 Å². The highest BCUT2D eigenvalue weighted by Crippen LogP contribution is 2.35. The molecule has 2 fully saturated rings. The second-order valence-corrected chi connectivity index (χ2v) is 11.0. The Balaban J connectivity index is 0.000000426. The van der Waals surface area contributed by atoms with E-state index in [1.807, 2.05) is 4.90 Å². The number of alkyl halides is 3. The molecule has 2 aliphatic heterocycles. The summed E-state index contributed by atoms with van der Waals surface area (Å²) in [6.45, 7) is 1.63. The lowest BCUT2D eigenvalue weighted by Crippen LogP contribution is -2.54. The number of sulfonamides is 1. The number of aromatic nitrogens is 2. The molecular weight excluding hydrogens is 538 g/mol. The monoisotopic (exact) mass is 559 g/mol. The number of nitriles is 1. The molecule has 3 heterocycles. The first-order valence-electron chi connectivity index (χ1n) is 11.3. The van der Waals surface area contributed by atoms with E-state index in [1.54, 1.807) is 16.4 Å². The van der Waals surface area contributed by atoms with E-state index in [1.165, 1.54) is 22.8 Å². The third-order valence-electron chi connectivity index (χ3n) is 6.18. The van der Waals surface area contributed by atoms with Crippen LogP contribution in [0, 0.1) is 17.1 Å². The van der Waals surface area contributed by atoms with Crippen molar-refractivity contribution in [1.82, 2.24) is 13.9 Å². The smallest absolute Gasteiger partial charge is 0.475 e. The number of carboxylic acid groups (broad SMARTS) is 1. The van der Waals surface area contributed by atoms with Crippen LogP contribution in [0.2, 0.25) is 0 Å². The molecule has 2 aromatic rings. The van der Waals surface area contributed by atoms with Gasteiger partial charge in [-0.15, -0.1) is 0 Å². The van der Waals surface area contributed by atoms with E-state index in [0.29, 0.717) is 37.6 Å². The number of hydrogen-bond acceptors (Lipinski definition) is 8. The summed E-state index contributed by atoms with van der Waals surface area (Å²) < 4.78 is 79.1. The summed E-state index contributed by atoms with van der Waals surface area (Å²) >= 11 is 0.